The summed E-state index contributed by atoms with van der Waals surface area (Å²) in [7, 11) is 0. The van der Waals surface area contributed by atoms with Gasteiger partial charge in [-0.05, 0) is 32.3 Å². The van der Waals surface area contributed by atoms with E-state index in [1.54, 1.807) is 4.68 Å². The van der Waals surface area contributed by atoms with Crippen molar-refractivity contribution in [2.45, 2.75) is 58.7 Å². The van der Waals surface area contributed by atoms with E-state index in [-0.39, 0.29) is 5.56 Å². The van der Waals surface area contributed by atoms with E-state index in [4.69, 9.17) is 0 Å². The van der Waals surface area contributed by atoms with Gasteiger partial charge >= 0.3 is 0 Å². The van der Waals surface area contributed by atoms with Crippen molar-refractivity contribution < 1.29 is 0 Å². The van der Waals surface area contributed by atoms with Crippen LogP contribution in [0.5, 0.6) is 0 Å². The number of nitrogens with zero attached hydrogens (tertiary/aromatic N) is 2. The van der Waals surface area contributed by atoms with Crippen molar-refractivity contribution in [3.8, 4) is 0 Å². The van der Waals surface area contributed by atoms with Crippen molar-refractivity contribution >= 4 is 0 Å². The van der Waals surface area contributed by atoms with E-state index in [0.29, 0.717) is 12.6 Å². The SMILES string of the molecule is CCCCn1nc(C)cc(CNC2CC2)c1=O. The number of unbranched alkanes of at least 4 members (excludes halogenated alkanes) is 1. The number of aromatic nitrogens is 2. The van der Waals surface area contributed by atoms with E-state index in [0.717, 1.165) is 30.6 Å². The predicted molar refractivity (Wildman–Crippen MR) is 68.0 cm³/mol. The Bertz CT molecular complexity index is 435. The van der Waals surface area contributed by atoms with Crippen LogP contribution in [0.3, 0.4) is 0 Å². The second kappa shape index (κ2) is 5.45. The van der Waals surface area contributed by atoms with Gasteiger partial charge in [0.25, 0.3) is 5.56 Å². The molecule has 0 aliphatic heterocycles. The van der Waals surface area contributed by atoms with E-state index in [2.05, 4.69) is 17.3 Å². The molecule has 2 rings (SSSR count). The third kappa shape index (κ3) is 3.40. The van der Waals surface area contributed by atoms with Gasteiger partial charge in [-0.2, -0.15) is 5.10 Å². The summed E-state index contributed by atoms with van der Waals surface area (Å²) in [6.07, 6.45) is 4.58. The molecule has 0 spiro atoms. The molecule has 0 saturated heterocycles. The molecule has 0 atom stereocenters. The van der Waals surface area contributed by atoms with Gasteiger partial charge in [0.2, 0.25) is 0 Å². The van der Waals surface area contributed by atoms with Crippen LogP contribution in [0.15, 0.2) is 10.9 Å². The summed E-state index contributed by atoms with van der Waals surface area (Å²) in [6, 6.07) is 2.53. The van der Waals surface area contributed by atoms with Crippen LogP contribution in [0.4, 0.5) is 0 Å². The molecule has 1 heterocycles. The van der Waals surface area contributed by atoms with Gasteiger partial charge in [0.1, 0.15) is 0 Å². The molecule has 1 aromatic heterocycles. The maximum absolute atomic E-state index is 12.1. The highest BCUT2D eigenvalue weighted by molar-refractivity contribution is 5.13. The van der Waals surface area contributed by atoms with Crippen molar-refractivity contribution in [3.63, 3.8) is 0 Å². The fraction of sp³-hybridized carbons (Fsp3) is 0.692. The highest BCUT2D eigenvalue weighted by Crippen LogP contribution is 2.18. The van der Waals surface area contributed by atoms with Crippen LogP contribution in [0.1, 0.15) is 43.9 Å². The molecule has 0 unspecified atom stereocenters. The van der Waals surface area contributed by atoms with Gasteiger partial charge in [0.15, 0.2) is 0 Å². The first kappa shape index (κ1) is 12.3. The van der Waals surface area contributed by atoms with E-state index in [9.17, 15) is 4.79 Å². The monoisotopic (exact) mass is 235 g/mol. The fourth-order valence-electron chi connectivity index (χ4n) is 1.87. The zero-order valence-corrected chi connectivity index (χ0v) is 10.7. The average molecular weight is 235 g/mol. The minimum Gasteiger partial charge on any atom is -0.310 e. The number of rotatable bonds is 6. The topological polar surface area (TPSA) is 46.9 Å². The van der Waals surface area contributed by atoms with Crippen LogP contribution in [0, 0.1) is 6.92 Å². The zero-order chi connectivity index (χ0) is 12.3. The Morgan fingerprint density at radius 3 is 2.94 bits per heavy atom. The van der Waals surface area contributed by atoms with Gasteiger partial charge in [0, 0.05) is 24.7 Å². The zero-order valence-electron chi connectivity index (χ0n) is 10.7. The first-order valence-electron chi connectivity index (χ1n) is 6.51. The molecule has 0 amide bonds. The molecule has 1 aliphatic rings. The summed E-state index contributed by atoms with van der Waals surface area (Å²) in [5.74, 6) is 0. The average Bonchev–Trinajstić information content (AvgIpc) is 3.12. The second-order valence-corrected chi connectivity index (χ2v) is 4.85. The van der Waals surface area contributed by atoms with Crippen molar-refractivity contribution in [1.29, 1.82) is 0 Å². The van der Waals surface area contributed by atoms with Gasteiger partial charge in [-0.25, -0.2) is 4.68 Å². The van der Waals surface area contributed by atoms with Gasteiger partial charge in [-0.1, -0.05) is 13.3 Å². The lowest BCUT2D eigenvalue weighted by Crippen LogP contribution is -2.30. The van der Waals surface area contributed by atoms with Crippen molar-refractivity contribution in [2.24, 2.45) is 0 Å². The molecular weight excluding hydrogens is 214 g/mol. The highest BCUT2D eigenvalue weighted by Gasteiger charge is 2.20. The Hall–Kier alpha value is -1.16. The quantitative estimate of drug-likeness (QED) is 0.814. The maximum Gasteiger partial charge on any atom is 0.271 e. The Balaban J connectivity index is 2.12. The molecule has 0 radical (unpaired) electrons. The number of nitrogens with one attached hydrogen (secondary N) is 1. The van der Waals surface area contributed by atoms with E-state index >= 15 is 0 Å². The molecule has 4 heteroatoms. The largest absolute Gasteiger partial charge is 0.310 e. The maximum atomic E-state index is 12.1. The summed E-state index contributed by atoms with van der Waals surface area (Å²) >= 11 is 0. The van der Waals surface area contributed by atoms with E-state index < -0.39 is 0 Å². The molecule has 0 aromatic carbocycles. The third-order valence-corrected chi connectivity index (χ3v) is 3.05. The Kier molecular flexibility index (Phi) is 3.94. The van der Waals surface area contributed by atoms with Gasteiger partial charge < -0.3 is 5.32 Å². The third-order valence-electron chi connectivity index (χ3n) is 3.05. The summed E-state index contributed by atoms with van der Waals surface area (Å²) < 4.78 is 1.61. The Labute approximate surface area is 102 Å². The second-order valence-electron chi connectivity index (χ2n) is 4.85. The molecule has 1 saturated carbocycles. The molecule has 17 heavy (non-hydrogen) atoms. The van der Waals surface area contributed by atoms with Gasteiger partial charge in [-0.3, -0.25) is 4.79 Å². The van der Waals surface area contributed by atoms with Crippen molar-refractivity contribution in [3.05, 3.63) is 27.7 Å². The van der Waals surface area contributed by atoms with Crippen LogP contribution in [0.25, 0.3) is 0 Å². The summed E-state index contributed by atoms with van der Waals surface area (Å²) in [5, 5.41) is 7.67. The van der Waals surface area contributed by atoms with Crippen LogP contribution in [-0.2, 0) is 13.1 Å². The minimum absolute atomic E-state index is 0.0669. The lowest BCUT2D eigenvalue weighted by molar-refractivity contribution is 0.527. The van der Waals surface area contributed by atoms with Crippen LogP contribution in [0.2, 0.25) is 0 Å². The first-order chi connectivity index (χ1) is 8.20. The van der Waals surface area contributed by atoms with Crippen molar-refractivity contribution in [1.82, 2.24) is 15.1 Å². The molecule has 94 valence electrons. The molecule has 1 aliphatic carbocycles. The predicted octanol–water partition coefficient (Wildman–Crippen LogP) is 1.60. The smallest absolute Gasteiger partial charge is 0.271 e. The number of aryl methyl sites for hydroxylation is 2. The van der Waals surface area contributed by atoms with Crippen LogP contribution in [-0.4, -0.2) is 15.8 Å². The number of hydrogen-bond acceptors (Lipinski definition) is 3. The lowest BCUT2D eigenvalue weighted by Gasteiger charge is -2.08. The normalized spacial score (nSPS) is 15.2. The molecular formula is C13H21N3O. The number of hydrogen-bond donors (Lipinski definition) is 1. The van der Waals surface area contributed by atoms with E-state index in [1.165, 1.54) is 12.8 Å². The Morgan fingerprint density at radius 1 is 1.53 bits per heavy atom. The molecule has 0 bridgehead atoms. The summed E-state index contributed by atoms with van der Waals surface area (Å²) in [5.41, 5.74) is 1.84. The highest BCUT2D eigenvalue weighted by atomic mass is 16.1. The summed E-state index contributed by atoms with van der Waals surface area (Å²) in [6.45, 7) is 5.48. The minimum atomic E-state index is 0.0669. The molecule has 1 aromatic rings. The fourth-order valence-corrected chi connectivity index (χ4v) is 1.87. The summed E-state index contributed by atoms with van der Waals surface area (Å²) in [4.78, 5) is 12.1. The van der Waals surface area contributed by atoms with Gasteiger partial charge in [0.05, 0.1) is 5.69 Å². The Morgan fingerprint density at radius 2 is 2.29 bits per heavy atom. The molecule has 1 N–H and O–H groups in total. The van der Waals surface area contributed by atoms with Crippen LogP contribution >= 0.6 is 0 Å². The standard InChI is InChI=1S/C13H21N3O/c1-3-4-7-16-13(17)11(8-10(2)15-16)9-14-12-5-6-12/h8,12,14H,3-7,9H2,1-2H3. The van der Waals surface area contributed by atoms with E-state index in [1.807, 2.05) is 13.0 Å². The van der Waals surface area contributed by atoms with Crippen molar-refractivity contribution in [2.75, 3.05) is 0 Å². The van der Waals surface area contributed by atoms with Gasteiger partial charge in [-0.15, -0.1) is 0 Å². The first-order valence-corrected chi connectivity index (χ1v) is 6.51. The molecule has 4 nitrogen and oxygen atoms in total. The van der Waals surface area contributed by atoms with Crippen LogP contribution < -0.4 is 10.9 Å². The lowest BCUT2D eigenvalue weighted by atomic mass is 10.2. The molecule has 1 fully saturated rings.